The molecule has 1 aromatic rings. The number of nitrogen functional groups attached to an aromatic ring is 1. The van der Waals surface area contributed by atoms with Gasteiger partial charge in [0.05, 0.1) is 13.0 Å². The van der Waals surface area contributed by atoms with Crippen LogP contribution >= 0.6 is 11.8 Å². The second-order valence-electron chi connectivity index (χ2n) is 2.66. The lowest BCUT2D eigenvalue weighted by atomic mass is 10.5. The Morgan fingerprint density at radius 3 is 3.13 bits per heavy atom. The summed E-state index contributed by atoms with van der Waals surface area (Å²) in [5.41, 5.74) is 5.41. The van der Waals surface area contributed by atoms with E-state index in [9.17, 15) is 4.79 Å². The first kappa shape index (κ1) is 11.8. The van der Waals surface area contributed by atoms with Gasteiger partial charge in [-0.3, -0.25) is 4.79 Å². The van der Waals surface area contributed by atoms with Crippen LogP contribution < -0.4 is 5.73 Å². The number of nitrogens with zero attached hydrogens (tertiary/aromatic N) is 2. The smallest absolute Gasteiger partial charge is 0.306 e. The molecule has 0 bridgehead atoms. The summed E-state index contributed by atoms with van der Waals surface area (Å²) in [6.07, 6.45) is 1.97. The zero-order valence-electron chi connectivity index (χ0n) is 8.47. The molecule has 0 unspecified atom stereocenters. The number of ether oxygens (including phenoxy) is 1. The second kappa shape index (κ2) is 6.23. The Hall–Kier alpha value is -1.30. The van der Waals surface area contributed by atoms with Gasteiger partial charge in [0.2, 0.25) is 5.95 Å². The fourth-order valence-electron chi connectivity index (χ4n) is 0.909. The van der Waals surface area contributed by atoms with Gasteiger partial charge in [-0.15, -0.1) is 11.8 Å². The molecule has 1 rings (SSSR count). The Morgan fingerprint density at radius 1 is 1.67 bits per heavy atom. The summed E-state index contributed by atoms with van der Waals surface area (Å²) in [6, 6.07) is 1.76. The maximum Gasteiger partial charge on any atom is 0.306 e. The van der Waals surface area contributed by atoms with Gasteiger partial charge in [-0.2, -0.15) is 0 Å². The van der Waals surface area contributed by atoms with E-state index < -0.39 is 0 Å². The molecule has 5 nitrogen and oxygen atoms in total. The lowest BCUT2D eigenvalue weighted by Crippen LogP contribution is -2.04. The second-order valence-corrected chi connectivity index (χ2v) is 3.77. The van der Waals surface area contributed by atoms with Crippen molar-refractivity contribution in [3.63, 3.8) is 0 Å². The van der Waals surface area contributed by atoms with Crippen LogP contribution in [-0.2, 0) is 9.53 Å². The topological polar surface area (TPSA) is 78.1 Å². The number of esters is 1. The molecule has 0 aromatic carbocycles. The first-order valence-corrected chi connectivity index (χ1v) is 5.58. The van der Waals surface area contributed by atoms with Crippen LogP contribution in [0.2, 0.25) is 0 Å². The van der Waals surface area contributed by atoms with Gasteiger partial charge in [-0.25, -0.2) is 9.97 Å². The Morgan fingerprint density at radius 2 is 2.47 bits per heavy atom. The number of thioether (sulfide) groups is 1. The predicted molar refractivity (Wildman–Crippen MR) is 58.4 cm³/mol. The van der Waals surface area contributed by atoms with Crippen molar-refractivity contribution in [3.05, 3.63) is 12.3 Å². The molecule has 15 heavy (non-hydrogen) atoms. The molecule has 6 heteroatoms. The standard InChI is InChI=1S/C9H13N3O2S/c1-2-14-8(13)4-6-15-7-3-5-11-9(10)12-7/h3,5H,2,4,6H2,1H3,(H2,10,11,12). The summed E-state index contributed by atoms with van der Waals surface area (Å²) in [5, 5.41) is 0.770. The Balaban J connectivity index is 2.28. The highest BCUT2D eigenvalue weighted by Crippen LogP contribution is 2.15. The molecule has 0 saturated heterocycles. The number of aromatic nitrogens is 2. The van der Waals surface area contributed by atoms with Gasteiger partial charge in [0.15, 0.2) is 0 Å². The summed E-state index contributed by atoms with van der Waals surface area (Å²) in [7, 11) is 0. The molecule has 0 saturated carbocycles. The molecule has 1 heterocycles. The first-order valence-electron chi connectivity index (χ1n) is 4.59. The summed E-state index contributed by atoms with van der Waals surface area (Å²) < 4.78 is 4.79. The molecule has 2 N–H and O–H groups in total. The summed E-state index contributed by atoms with van der Waals surface area (Å²) in [4.78, 5) is 18.8. The van der Waals surface area contributed by atoms with Crippen LogP contribution in [0.25, 0.3) is 0 Å². The van der Waals surface area contributed by atoms with E-state index in [1.807, 2.05) is 0 Å². The van der Waals surface area contributed by atoms with Crippen molar-refractivity contribution >= 4 is 23.7 Å². The highest BCUT2D eigenvalue weighted by molar-refractivity contribution is 7.99. The Labute approximate surface area is 92.4 Å². The van der Waals surface area contributed by atoms with E-state index in [4.69, 9.17) is 10.5 Å². The quantitative estimate of drug-likeness (QED) is 0.461. The van der Waals surface area contributed by atoms with E-state index >= 15 is 0 Å². The van der Waals surface area contributed by atoms with Crippen molar-refractivity contribution in [2.75, 3.05) is 18.1 Å². The van der Waals surface area contributed by atoms with E-state index in [-0.39, 0.29) is 11.9 Å². The lowest BCUT2D eigenvalue weighted by Gasteiger charge is -2.01. The number of carbonyl (C=O) groups excluding carboxylic acids is 1. The van der Waals surface area contributed by atoms with Gasteiger partial charge >= 0.3 is 5.97 Å². The van der Waals surface area contributed by atoms with Crippen LogP contribution in [0.5, 0.6) is 0 Å². The molecule has 0 aliphatic heterocycles. The molecule has 0 atom stereocenters. The maximum absolute atomic E-state index is 11.0. The van der Waals surface area contributed by atoms with Crippen LogP contribution in [0.15, 0.2) is 17.3 Å². The number of hydrogen-bond acceptors (Lipinski definition) is 6. The van der Waals surface area contributed by atoms with Gasteiger partial charge < -0.3 is 10.5 Å². The normalized spacial score (nSPS) is 9.93. The number of hydrogen-bond donors (Lipinski definition) is 1. The van der Waals surface area contributed by atoms with E-state index in [0.717, 1.165) is 5.03 Å². The molecular formula is C9H13N3O2S. The van der Waals surface area contributed by atoms with Gasteiger partial charge in [0.25, 0.3) is 0 Å². The average Bonchev–Trinajstić information content (AvgIpc) is 2.18. The maximum atomic E-state index is 11.0. The van der Waals surface area contributed by atoms with E-state index in [1.54, 1.807) is 19.2 Å². The fraction of sp³-hybridized carbons (Fsp3) is 0.444. The molecule has 0 radical (unpaired) electrons. The number of carbonyl (C=O) groups is 1. The molecule has 0 amide bonds. The Bertz CT molecular complexity index is 333. The van der Waals surface area contributed by atoms with Crippen LogP contribution in [0.3, 0.4) is 0 Å². The fourth-order valence-corrected chi connectivity index (χ4v) is 1.70. The van der Waals surface area contributed by atoms with E-state index in [1.165, 1.54) is 11.8 Å². The van der Waals surface area contributed by atoms with Crippen molar-refractivity contribution < 1.29 is 9.53 Å². The largest absolute Gasteiger partial charge is 0.466 e. The highest BCUT2D eigenvalue weighted by Gasteiger charge is 2.03. The molecule has 0 aliphatic carbocycles. The summed E-state index contributed by atoms with van der Waals surface area (Å²) >= 11 is 1.46. The van der Waals surface area contributed by atoms with Crippen molar-refractivity contribution in [1.82, 2.24) is 9.97 Å². The summed E-state index contributed by atoms with van der Waals surface area (Å²) in [5.74, 6) is 0.693. The minimum Gasteiger partial charge on any atom is -0.466 e. The van der Waals surface area contributed by atoms with Crippen LogP contribution in [-0.4, -0.2) is 28.3 Å². The minimum atomic E-state index is -0.188. The summed E-state index contributed by atoms with van der Waals surface area (Å²) in [6.45, 7) is 2.21. The van der Waals surface area contributed by atoms with Crippen molar-refractivity contribution in [3.8, 4) is 0 Å². The van der Waals surface area contributed by atoms with Gasteiger partial charge in [-0.1, -0.05) is 0 Å². The van der Waals surface area contributed by atoms with Gasteiger partial charge in [-0.05, 0) is 13.0 Å². The zero-order valence-corrected chi connectivity index (χ0v) is 9.29. The lowest BCUT2D eigenvalue weighted by molar-refractivity contribution is -0.142. The zero-order chi connectivity index (χ0) is 11.1. The average molecular weight is 227 g/mol. The van der Waals surface area contributed by atoms with Crippen molar-refractivity contribution in [1.29, 1.82) is 0 Å². The predicted octanol–water partition coefficient (Wildman–Crippen LogP) is 1.10. The third-order valence-electron chi connectivity index (χ3n) is 1.51. The van der Waals surface area contributed by atoms with Gasteiger partial charge in [0, 0.05) is 11.9 Å². The molecule has 0 fully saturated rings. The molecule has 0 aliphatic rings. The first-order chi connectivity index (χ1) is 7.22. The molecule has 0 spiro atoms. The third kappa shape index (κ3) is 4.64. The molecule has 82 valence electrons. The monoisotopic (exact) mass is 227 g/mol. The number of rotatable bonds is 5. The van der Waals surface area contributed by atoms with E-state index in [0.29, 0.717) is 18.8 Å². The van der Waals surface area contributed by atoms with Crippen LogP contribution in [0.4, 0.5) is 5.95 Å². The van der Waals surface area contributed by atoms with Crippen LogP contribution in [0.1, 0.15) is 13.3 Å². The molecule has 1 aromatic heterocycles. The van der Waals surface area contributed by atoms with Crippen molar-refractivity contribution in [2.45, 2.75) is 18.4 Å². The SMILES string of the molecule is CCOC(=O)CCSc1ccnc(N)n1. The van der Waals surface area contributed by atoms with Gasteiger partial charge in [0.1, 0.15) is 5.03 Å². The van der Waals surface area contributed by atoms with E-state index in [2.05, 4.69) is 9.97 Å². The molecular weight excluding hydrogens is 214 g/mol. The Kier molecular flexibility index (Phi) is 4.89. The minimum absolute atomic E-state index is 0.188. The highest BCUT2D eigenvalue weighted by atomic mass is 32.2. The third-order valence-corrected chi connectivity index (χ3v) is 2.44. The van der Waals surface area contributed by atoms with Crippen molar-refractivity contribution in [2.24, 2.45) is 0 Å². The number of anilines is 1. The number of nitrogens with two attached hydrogens (primary N) is 1. The van der Waals surface area contributed by atoms with Crippen LogP contribution in [0, 0.1) is 0 Å².